The molecule has 0 amide bonds. The van der Waals surface area contributed by atoms with Crippen molar-refractivity contribution in [2.24, 2.45) is 0 Å². The van der Waals surface area contributed by atoms with Gasteiger partial charge in [-0.05, 0) is 37.0 Å². The maximum atomic E-state index is 5.38. The maximum absolute atomic E-state index is 5.38. The highest BCUT2D eigenvalue weighted by Crippen LogP contribution is 2.35. The van der Waals surface area contributed by atoms with E-state index in [1.807, 2.05) is 12.1 Å². The van der Waals surface area contributed by atoms with Crippen molar-refractivity contribution in [3.05, 3.63) is 29.8 Å². The van der Waals surface area contributed by atoms with Gasteiger partial charge in [-0.3, -0.25) is 0 Å². The quantitative estimate of drug-likeness (QED) is 0.752. The second-order valence-electron chi connectivity index (χ2n) is 3.69. The first kappa shape index (κ1) is 10.1. The molecule has 2 nitrogen and oxygen atoms in total. The molecule has 0 aromatic heterocycles. The Kier molecular flexibility index (Phi) is 2.95. The van der Waals surface area contributed by atoms with Gasteiger partial charge in [0, 0.05) is 11.6 Å². The van der Waals surface area contributed by atoms with Crippen LogP contribution in [0.3, 0.4) is 0 Å². The Morgan fingerprint density at radius 1 is 1.13 bits per heavy atom. The van der Waals surface area contributed by atoms with Gasteiger partial charge in [0.1, 0.15) is 11.5 Å². The minimum atomic E-state index is 0.842. The standard InChI is InChI=1S/C13H16O2/c1-14-11-7-8-12(13(9-11)15-2)10-5-3-4-6-10/h5,7-9H,3-4,6H2,1-2H3. The van der Waals surface area contributed by atoms with Crippen LogP contribution in [0.25, 0.3) is 5.57 Å². The SMILES string of the molecule is COc1ccc(C2=CCCC2)c(OC)c1. The molecule has 0 atom stereocenters. The van der Waals surface area contributed by atoms with Gasteiger partial charge in [-0.25, -0.2) is 0 Å². The van der Waals surface area contributed by atoms with Crippen molar-refractivity contribution in [1.82, 2.24) is 0 Å². The molecule has 1 aromatic rings. The highest BCUT2D eigenvalue weighted by atomic mass is 16.5. The molecule has 0 spiro atoms. The Hall–Kier alpha value is -1.44. The summed E-state index contributed by atoms with van der Waals surface area (Å²) in [5.41, 5.74) is 2.60. The lowest BCUT2D eigenvalue weighted by molar-refractivity contribution is 0.393. The zero-order valence-corrected chi connectivity index (χ0v) is 9.25. The number of hydrogen-bond acceptors (Lipinski definition) is 2. The maximum Gasteiger partial charge on any atom is 0.130 e. The zero-order valence-electron chi connectivity index (χ0n) is 9.25. The van der Waals surface area contributed by atoms with E-state index in [1.54, 1.807) is 14.2 Å². The highest BCUT2D eigenvalue weighted by molar-refractivity contribution is 5.72. The van der Waals surface area contributed by atoms with Gasteiger partial charge < -0.3 is 9.47 Å². The monoisotopic (exact) mass is 204 g/mol. The third-order valence-corrected chi connectivity index (χ3v) is 2.80. The fourth-order valence-electron chi connectivity index (χ4n) is 1.98. The zero-order chi connectivity index (χ0) is 10.7. The van der Waals surface area contributed by atoms with Crippen LogP contribution in [0.2, 0.25) is 0 Å². The molecule has 0 fully saturated rings. The summed E-state index contributed by atoms with van der Waals surface area (Å²) < 4.78 is 10.6. The van der Waals surface area contributed by atoms with E-state index in [4.69, 9.17) is 9.47 Å². The van der Waals surface area contributed by atoms with E-state index in [2.05, 4.69) is 12.1 Å². The van der Waals surface area contributed by atoms with Crippen LogP contribution in [0.4, 0.5) is 0 Å². The lowest BCUT2D eigenvalue weighted by atomic mass is 10.0. The summed E-state index contributed by atoms with van der Waals surface area (Å²) in [6.07, 6.45) is 5.89. The Balaban J connectivity index is 2.38. The Labute approximate surface area is 90.5 Å². The molecule has 0 radical (unpaired) electrons. The molecule has 0 saturated carbocycles. The summed E-state index contributed by atoms with van der Waals surface area (Å²) in [4.78, 5) is 0. The molecule has 0 bridgehead atoms. The van der Waals surface area contributed by atoms with Crippen LogP contribution in [0.15, 0.2) is 24.3 Å². The predicted molar refractivity (Wildman–Crippen MR) is 61.4 cm³/mol. The first-order chi connectivity index (χ1) is 7.35. The molecule has 1 aromatic carbocycles. The first-order valence-electron chi connectivity index (χ1n) is 5.26. The van der Waals surface area contributed by atoms with Crippen molar-refractivity contribution in [2.75, 3.05) is 14.2 Å². The third kappa shape index (κ3) is 1.99. The molecule has 1 aliphatic rings. The minimum absolute atomic E-state index is 0.842. The van der Waals surface area contributed by atoms with Crippen molar-refractivity contribution in [2.45, 2.75) is 19.3 Å². The second kappa shape index (κ2) is 4.39. The van der Waals surface area contributed by atoms with Gasteiger partial charge in [0.05, 0.1) is 14.2 Å². The van der Waals surface area contributed by atoms with Crippen LogP contribution >= 0.6 is 0 Å². The van der Waals surface area contributed by atoms with Crippen molar-refractivity contribution in [3.63, 3.8) is 0 Å². The molecular weight excluding hydrogens is 188 g/mol. The lowest BCUT2D eigenvalue weighted by Gasteiger charge is -2.10. The lowest BCUT2D eigenvalue weighted by Crippen LogP contribution is -1.92. The fraction of sp³-hybridized carbons (Fsp3) is 0.385. The predicted octanol–water partition coefficient (Wildman–Crippen LogP) is 3.27. The fourth-order valence-corrected chi connectivity index (χ4v) is 1.98. The van der Waals surface area contributed by atoms with Crippen LogP contribution < -0.4 is 9.47 Å². The van der Waals surface area contributed by atoms with E-state index in [9.17, 15) is 0 Å². The summed E-state index contributed by atoms with van der Waals surface area (Å²) in [6, 6.07) is 6.00. The molecule has 0 unspecified atom stereocenters. The normalized spacial score (nSPS) is 14.9. The number of methoxy groups -OCH3 is 2. The van der Waals surface area contributed by atoms with Gasteiger partial charge in [-0.2, -0.15) is 0 Å². The molecule has 2 rings (SSSR count). The molecule has 2 heteroatoms. The average Bonchev–Trinajstić information content (AvgIpc) is 2.81. The van der Waals surface area contributed by atoms with Gasteiger partial charge in [-0.1, -0.05) is 6.08 Å². The Bertz CT molecular complexity index is 380. The summed E-state index contributed by atoms with van der Waals surface area (Å²) in [5, 5.41) is 0. The summed E-state index contributed by atoms with van der Waals surface area (Å²) in [6.45, 7) is 0. The number of benzene rings is 1. The number of rotatable bonds is 3. The van der Waals surface area contributed by atoms with Crippen molar-refractivity contribution >= 4 is 5.57 Å². The highest BCUT2D eigenvalue weighted by Gasteiger charge is 2.12. The van der Waals surface area contributed by atoms with E-state index < -0.39 is 0 Å². The van der Waals surface area contributed by atoms with Crippen LogP contribution in [0.5, 0.6) is 11.5 Å². The van der Waals surface area contributed by atoms with Crippen LogP contribution in [0, 0.1) is 0 Å². The number of allylic oxidation sites excluding steroid dienone is 2. The van der Waals surface area contributed by atoms with E-state index in [0.717, 1.165) is 17.9 Å². The molecule has 80 valence electrons. The van der Waals surface area contributed by atoms with Crippen LogP contribution in [0.1, 0.15) is 24.8 Å². The molecular formula is C13H16O2. The van der Waals surface area contributed by atoms with Crippen molar-refractivity contribution in [1.29, 1.82) is 0 Å². The van der Waals surface area contributed by atoms with Gasteiger partial charge in [0.15, 0.2) is 0 Å². The summed E-state index contributed by atoms with van der Waals surface area (Å²) in [7, 11) is 3.37. The third-order valence-electron chi connectivity index (χ3n) is 2.80. The van der Waals surface area contributed by atoms with Crippen molar-refractivity contribution in [3.8, 4) is 11.5 Å². The summed E-state index contributed by atoms with van der Waals surface area (Å²) in [5.74, 6) is 1.75. The molecule has 0 N–H and O–H groups in total. The van der Waals surface area contributed by atoms with Gasteiger partial charge in [0.25, 0.3) is 0 Å². The smallest absolute Gasteiger partial charge is 0.130 e. The van der Waals surface area contributed by atoms with Gasteiger partial charge in [-0.15, -0.1) is 0 Å². The second-order valence-corrected chi connectivity index (χ2v) is 3.69. The van der Waals surface area contributed by atoms with E-state index in [1.165, 1.54) is 24.0 Å². The molecule has 0 saturated heterocycles. The van der Waals surface area contributed by atoms with Crippen LogP contribution in [-0.2, 0) is 0 Å². The molecule has 15 heavy (non-hydrogen) atoms. The molecule has 1 aliphatic carbocycles. The Morgan fingerprint density at radius 3 is 2.60 bits per heavy atom. The molecule has 0 heterocycles. The minimum Gasteiger partial charge on any atom is -0.497 e. The van der Waals surface area contributed by atoms with E-state index >= 15 is 0 Å². The van der Waals surface area contributed by atoms with Gasteiger partial charge >= 0.3 is 0 Å². The number of ether oxygens (including phenoxy) is 2. The van der Waals surface area contributed by atoms with Gasteiger partial charge in [0.2, 0.25) is 0 Å². The summed E-state index contributed by atoms with van der Waals surface area (Å²) >= 11 is 0. The molecule has 0 aliphatic heterocycles. The van der Waals surface area contributed by atoms with Crippen molar-refractivity contribution < 1.29 is 9.47 Å². The largest absolute Gasteiger partial charge is 0.497 e. The van der Waals surface area contributed by atoms with Crippen LogP contribution in [-0.4, -0.2) is 14.2 Å². The van der Waals surface area contributed by atoms with E-state index in [0.29, 0.717) is 0 Å². The Morgan fingerprint density at radius 2 is 2.00 bits per heavy atom. The topological polar surface area (TPSA) is 18.5 Å². The van der Waals surface area contributed by atoms with E-state index in [-0.39, 0.29) is 0 Å². The number of hydrogen-bond donors (Lipinski definition) is 0. The first-order valence-corrected chi connectivity index (χ1v) is 5.26. The average molecular weight is 204 g/mol.